The molecule has 13 rings (SSSR count). The molecule has 65 heavy (non-hydrogen) atoms. The average Bonchev–Trinajstić information content (AvgIpc) is 3.91. The van der Waals surface area contributed by atoms with Crippen molar-refractivity contribution in [3.8, 4) is 22.3 Å². The van der Waals surface area contributed by atoms with Crippen molar-refractivity contribution in [2.75, 3.05) is 0 Å². The van der Waals surface area contributed by atoms with Crippen LogP contribution in [0.15, 0.2) is 223 Å². The summed E-state index contributed by atoms with van der Waals surface area (Å²) >= 11 is 0. The van der Waals surface area contributed by atoms with Gasteiger partial charge in [-0.05, 0) is 115 Å². The smallest absolute Gasteiger partial charge is 0.143 e. The topological polar surface area (TPSA) is 18.1 Å². The maximum Gasteiger partial charge on any atom is 0.143 e. The van der Waals surface area contributed by atoms with Gasteiger partial charge in [0.2, 0.25) is 0 Å². The highest BCUT2D eigenvalue weighted by atomic mass is 16.3. The Bertz CT molecular complexity index is 3780. The van der Waals surface area contributed by atoms with Gasteiger partial charge in [0.1, 0.15) is 11.2 Å². The van der Waals surface area contributed by atoms with E-state index in [2.05, 4.69) is 224 Å². The number of aromatic nitrogens is 1. The predicted octanol–water partition coefficient (Wildman–Crippen LogP) is 17.4. The molecule has 2 heterocycles. The number of rotatable bonds is 6. The Balaban J connectivity index is 0.998. The molecule has 308 valence electrons. The van der Waals surface area contributed by atoms with E-state index < -0.39 is 0 Å². The first-order valence-electron chi connectivity index (χ1n) is 23.0. The van der Waals surface area contributed by atoms with Crippen molar-refractivity contribution in [2.24, 2.45) is 5.92 Å². The molecule has 2 unspecified atom stereocenters. The van der Waals surface area contributed by atoms with E-state index in [1.54, 1.807) is 0 Å². The Morgan fingerprint density at radius 3 is 1.83 bits per heavy atom. The highest BCUT2D eigenvalue weighted by molar-refractivity contribution is 6.19. The van der Waals surface area contributed by atoms with Crippen LogP contribution in [0.4, 0.5) is 0 Å². The molecule has 2 aromatic heterocycles. The van der Waals surface area contributed by atoms with Crippen LogP contribution in [0.3, 0.4) is 0 Å². The molecule has 0 fully saturated rings. The minimum atomic E-state index is 0.253. The monoisotopic (exact) mass is 831 g/mol. The van der Waals surface area contributed by atoms with Crippen LogP contribution in [-0.2, 0) is 0 Å². The Morgan fingerprint density at radius 2 is 1.11 bits per heavy atom. The molecule has 0 N–H and O–H groups in total. The van der Waals surface area contributed by atoms with Crippen molar-refractivity contribution in [3.05, 3.63) is 235 Å². The molecule has 0 spiro atoms. The lowest BCUT2D eigenvalue weighted by atomic mass is 9.81. The summed E-state index contributed by atoms with van der Waals surface area (Å²) in [6, 6.07) is 68.9. The van der Waals surface area contributed by atoms with E-state index in [-0.39, 0.29) is 11.8 Å². The number of fused-ring (bicyclic) bond motifs is 8. The summed E-state index contributed by atoms with van der Waals surface area (Å²) in [5.74, 6) is 0.533. The first kappa shape index (κ1) is 37.6. The molecule has 2 aliphatic carbocycles. The average molecular weight is 832 g/mol. The van der Waals surface area contributed by atoms with E-state index in [9.17, 15) is 0 Å². The van der Waals surface area contributed by atoms with Crippen molar-refractivity contribution >= 4 is 82.1 Å². The molecule has 0 saturated heterocycles. The van der Waals surface area contributed by atoms with Gasteiger partial charge in [-0.25, -0.2) is 0 Å². The second-order valence-electron chi connectivity index (χ2n) is 18.0. The van der Waals surface area contributed by atoms with Gasteiger partial charge in [0.05, 0.1) is 11.0 Å². The van der Waals surface area contributed by atoms with Crippen LogP contribution in [0.1, 0.15) is 42.4 Å². The van der Waals surface area contributed by atoms with E-state index in [1.807, 2.05) is 6.07 Å². The molecule has 0 saturated carbocycles. The normalized spacial score (nSPS) is 16.5. The molecule has 2 nitrogen and oxygen atoms in total. The fourth-order valence-corrected chi connectivity index (χ4v) is 11.2. The minimum absolute atomic E-state index is 0.253. The molecule has 9 aromatic carbocycles. The van der Waals surface area contributed by atoms with Crippen molar-refractivity contribution < 1.29 is 4.42 Å². The van der Waals surface area contributed by atoms with E-state index >= 15 is 0 Å². The van der Waals surface area contributed by atoms with Gasteiger partial charge in [-0.15, -0.1) is 0 Å². The fourth-order valence-electron chi connectivity index (χ4n) is 11.2. The summed E-state index contributed by atoms with van der Waals surface area (Å²) in [5.41, 5.74) is 17.0. The predicted molar refractivity (Wildman–Crippen MR) is 276 cm³/mol. The Hall–Kier alpha value is -7.94. The molecular formula is C63H45NO. The highest BCUT2D eigenvalue weighted by Gasteiger charge is 2.26. The number of benzene rings is 9. The van der Waals surface area contributed by atoms with Gasteiger partial charge < -0.3 is 8.98 Å². The lowest BCUT2D eigenvalue weighted by molar-refractivity contribution is 0.670. The first-order chi connectivity index (χ1) is 32.2. The third kappa shape index (κ3) is 6.09. The maximum absolute atomic E-state index is 6.59. The van der Waals surface area contributed by atoms with Crippen LogP contribution in [0, 0.1) is 5.92 Å². The summed E-state index contributed by atoms with van der Waals surface area (Å²) in [6.07, 6.45) is 13.8. The van der Waals surface area contributed by atoms with Crippen LogP contribution in [0.25, 0.3) is 104 Å². The van der Waals surface area contributed by atoms with Gasteiger partial charge in [0, 0.05) is 44.6 Å². The molecule has 11 aromatic rings. The molecule has 0 aliphatic heterocycles. The molecular weight excluding hydrogens is 787 g/mol. The van der Waals surface area contributed by atoms with Crippen molar-refractivity contribution in [1.29, 1.82) is 0 Å². The Labute approximate surface area is 378 Å². The summed E-state index contributed by atoms with van der Waals surface area (Å²) in [6.45, 7) is 2.41. The Morgan fingerprint density at radius 1 is 0.492 bits per heavy atom. The van der Waals surface area contributed by atoms with Gasteiger partial charge in [-0.1, -0.05) is 189 Å². The van der Waals surface area contributed by atoms with Crippen LogP contribution in [0.5, 0.6) is 0 Å². The summed E-state index contributed by atoms with van der Waals surface area (Å²) in [4.78, 5) is 0. The lowest BCUT2D eigenvalue weighted by Crippen LogP contribution is -2.11. The van der Waals surface area contributed by atoms with E-state index in [1.165, 1.54) is 88.0 Å². The van der Waals surface area contributed by atoms with Crippen molar-refractivity contribution in [2.45, 2.75) is 25.7 Å². The summed E-state index contributed by atoms with van der Waals surface area (Å²) in [7, 11) is 0. The first-order valence-corrected chi connectivity index (χ1v) is 23.0. The molecule has 0 radical (unpaired) electrons. The zero-order chi connectivity index (χ0) is 43.0. The molecule has 2 heteroatoms. The second kappa shape index (κ2) is 15.1. The van der Waals surface area contributed by atoms with E-state index in [4.69, 9.17) is 4.42 Å². The zero-order valence-electron chi connectivity index (χ0n) is 36.2. The van der Waals surface area contributed by atoms with Gasteiger partial charge in [-0.3, -0.25) is 0 Å². The number of hydrogen-bond acceptors (Lipinski definition) is 1. The number of nitrogens with zero attached hydrogens (tertiary/aromatic N) is 1. The SMILES string of the molecule is CC1CC(c2c3ccccc3c(-c3ccccc3)c3ccccc23)=CC=C1n1c2ccc(-c3cccc4c3oc3ccccc34)cc2c2cc(C3C=C(c4ccccc4)C=CC3)ccc21. The summed E-state index contributed by atoms with van der Waals surface area (Å²) in [5, 5.41) is 10.0. The summed E-state index contributed by atoms with van der Waals surface area (Å²) < 4.78 is 9.15. The standard InChI is InChI=1S/C63H45NO/c1-40-36-47(62-52-25-10-8-23-50(52)61(42-18-6-3-7-19-42)51-24-9-11-26-53(51)62)32-33-57(40)64-58-34-30-45(44-21-14-20-43(37-44)41-16-4-2-5-17-41)38-55(58)56-39-46(31-35-59(56)64)48-27-15-28-54-49-22-12-13-29-60(49)65-63(48)54/h2-20,22-35,37-40,44H,21,36H2,1H3. The molecule has 0 bridgehead atoms. The number of allylic oxidation sites excluding steroid dienone is 8. The molecule has 0 amide bonds. The van der Waals surface area contributed by atoms with Gasteiger partial charge in [0.25, 0.3) is 0 Å². The molecule has 2 atom stereocenters. The van der Waals surface area contributed by atoms with Crippen LogP contribution < -0.4 is 0 Å². The van der Waals surface area contributed by atoms with Gasteiger partial charge in [-0.2, -0.15) is 0 Å². The second-order valence-corrected chi connectivity index (χ2v) is 18.0. The van der Waals surface area contributed by atoms with E-state index in [0.717, 1.165) is 45.9 Å². The van der Waals surface area contributed by atoms with Crippen LogP contribution >= 0.6 is 0 Å². The quantitative estimate of drug-likeness (QED) is 0.153. The minimum Gasteiger partial charge on any atom is -0.455 e. The lowest BCUT2D eigenvalue weighted by Gasteiger charge is -2.26. The maximum atomic E-state index is 6.59. The van der Waals surface area contributed by atoms with Crippen molar-refractivity contribution in [1.82, 2.24) is 4.57 Å². The number of furan rings is 1. The van der Waals surface area contributed by atoms with Gasteiger partial charge >= 0.3 is 0 Å². The fraction of sp³-hybridized carbons (Fsp3) is 0.0794. The van der Waals surface area contributed by atoms with Crippen molar-refractivity contribution in [3.63, 3.8) is 0 Å². The molecule has 2 aliphatic rings. The van der Waals surface area contributed by atoms with Crippen LogP contribution in [-0.4, -0.2) is 4.57 Å². The highest BCUT2D eigenvalue weighted by Crippen LogP contribution is 2.47. The van der Waals surface area contributed by atoms with E-state index in [0.29, 0.717) is 0 Å². The number of para-hydroxylation sites is 2. The third-order valence-corrected chi connectivity index (χ3v) is 14.2. The zero-order valence-corrected chi connectivity index (χ0v) is 36.2. The Kier molecular flexibility index (Phi) is 8.74. The van der Waals surface area contributed by atoms with Gasteiger partial charge in [0.15, 0.2) is 0 Å². The largest absolute Gasteiger partial charge is 0.455 e. The van der Waals surface area contributed by atoms with Crippen LogP contribution in [0.2, 0.25) is 0 Å². The number of hydrogen-bond donors (Lipinski definition) is 0. The third-order valence-electron chi connectivity index (χ3n) is 14.2.